The van der Waals surface area contributed by atoms with Crippen LogP contribution in [0.25, 0.3) is 0 Å². The van der Waals surface area contributed by atoms with E-state index in [0.717, 1.165) is 13.1 Å². The number of pyridine rings is 1. The second-order valence-corrected chi connectivity index (χ2v) is 2.68. The molecule has 56 valence electrons. The van der Waals surface area contributed by atoms with Gasteiger partial charge in [-0.2, -0.15) is 0 Å². The first-order chi connectivity index (χ1) is 4.41. The summed E-state index contributed by atoms with van der Waals surface area (Å²) >= 11 is 0.757. The van der Waals surface area contributed by atoms with Gasteiger partial charge in [0.05, 0.1) is 0 Å². The smallest absolute Gasteiger partial charge is 0.166 e. The molecule has 0 amide bonds. The maximum atomic E-state index is 4.67. The van der Waals surface area contributed by atoms with Crippen molar-refractivity contribution in [3.05, 3.63) is 30.6 Å². The van der Waals surface area contributed by atoms with Crippen molar-refractivity contribution in [1.29, 1.82) is 0 Å². The average molecular weight is 215 g/mol. The van der Waals surface area contributed by atoms with E-state index in [1.54, 1.807) is 0 Å². The molecule has 0 aliphatic carbocycles. The van der Waals surface area contributed by atoms with Crippen molar-refractivity contribution in [2.45, 2.75) is 0 Å². The monoisotopic (exact) mass is 213 g/mol. The third-order valence-corrected chi connectivity index (χ3v) is 0.607. The van der Waals surface area contributed by atoms with E-state index in [1.165, 1.54) is 0 Å². The standard InChI is InChI=1S/C5H5N.2ClH.Cu/c1-2-4-6-5-3-1;;;/h1-5H;2*1H;/q;;;+1/p-1. The fraction of sp³-hybridized carbons (Fsp3) is 0. The van der Waals surface area contributed by atoms with Crippen molar-refractivity contribution >= 4 is 20.2 Å². The van der Waals surface area contributed by atoms with Crippen LogP contribution < -0.4 is 4.98 Å². The van der Waals surface area contributed by atoms with Gasteiger partial charge in [-0.05, 0) is 0 Å². The summed E-state index contributed by atoms with van der Waals surface area (Å²) < 4.78 is 0. The summed E-state index contributed by atoms with van der Waals surface area (Å²) in [7, 11) is 9.34. The topological polar surface area (TPSA) is 14.1 Å². The van der Waals surface area contributed by atoms with Gasteiger partial charge in [-0.1, -0.05) is 6.07 Å². The van der Waals surface area contributed by atoms with Gasteiger partial charge in [-0.25, -0.2) is 4.98 Å². The minimum Gasteiger partial charge on any atom is -0.218 e. The number of hydrogen-bond donors (Lipinski definition) is 0. The normalized spacial score (nSPS) is 7.78. The van der Waals surface area contributed by atoms with Crippen molar-refractivity contribution in [2.75, 3.05) is 0 Å². The zero-order valence-corrected chi connectivity index (χ0v) is 6.90. The number of H-pyrrole nitrogens is 1. The van der Waals surface area contributed by atoms with Crippen LogP contribution in [-0.2, 0) is 13.1 Å². The largest absolute Gasteiger partial charge is 0.218 e. The summed E-state index contributed by atoms with van der Waals surface area (Å²) in [4.78, 5) is 2.89. The Kier molecular flexibility index (Phi) is 8.48. The average Bonchev–Trinajstić information content (AvgIpc) is 1.93. The van der Waals surface area contributed by atoms with E-state index >= 15 is 0 Å². The van der Waals surface area contributed by atoms with Gasteiger partial charge in [-0.3, -0.25) is 0 Å². The summed E-state index contributed by atoms with van der Waals surface area (Å²) in [6.07, 6.45) is 3.75. The molecule has 4 heteroatoms. The molecule has 9 heavy (non-hydrogen) atoms. The summed E-state index contributed by atoms with van der Waals surface area (Å²) in [6.45, 7) is 0. The second kappa shape index (κ2) is 8.25. The molecule has 0 atom stereocenters. The van der Waals surface area contributed by atoms with E-state index < -0.39 is 0 Å². The number of hydrogen-bond acceptors (Lipinski definition) is 0. The van der Waals surface area contributed by atoms with Crippen molar-refractivity contribution in [1.82, 2.24) is 0 Å². The summed E-state index contributed by atoms with van der Waals surface area (Å²) in [6, 6.07) is 5.86. The van der Waals surface area contributed by atoms with Crippen LogP contribution in [-0.4, -0.2) is 0 Å². The van der Waals surface area contributed by atoms with Crippen LogP contribution in [0.2, 0.25) is 0 Å². The van der Waals surface area contributed by atoms with Crippen molar-refractivity contribution in [3.8, 4) is 0 Å². The zero-order valence-electron chi connectivity index (χ0n) is 4.44. The maximum Gasteiger partial charge on any atom is 0.166 e. The molecule has 1 N–H and O–H groups in total. The van der Waals surface area contributed by atoms with Crippen LogP contribution in [0.1, 0.15) is 0 Å². The fourth-order valence-electron chi connectivity index (χ4n) is 0.342. The number of aromatic amines is 1. The summed E-state index contributed by atoms with van der Waals surface area (Å²) in [5.74, 6) is 0. The number of aromatic nitrogens is 1. The van der Waals surface area contributed by atoms with Gasteiger partial charge in [0.1, 0.15) is 0 Å². The van der Waals surface area contributed by atoms with Gasteiger partial charge in [0.15, 0.2) is 12.4 Å². The molecule has 0 aliphatic rings. The third kappa shape index (κ3) is 8.25. The molecule has 1 rings (SSSR count). The van der Waals surface area contributed by atoms with Crippen LogP contribution >= 0.6 is 20.2 Å². The Morgan fingerprint density at radius 2 is 1.44 bits per heavy atom. The zero-order chi connectivity index (χ0) is 6.95. The first-order valence-electron chi connectivity index (χ1n) is 2.14. The minimum atomic E-state index is 0.757. The number of rotatable bonds is 0. The maximum absolute atomic E-state index is 4.67. The third-order valence-electron chi connectivity index (χ3n) is 0.607. The molecule has 0 aliphatic heterocycles. The number of halogens is 2. The van der Waals surface area contributed by atoms with Crippen molar-refractivity contribution < 1.29 is 18.1 Å². The van der Waals surface area contributed by atoms with Gasteiger partial charge >= 0.3 is 33.3 Å². The second-order valence-electron chi connectivity index (χ2n) is 1.12. The van der Waals surface area contributed by atoms with Gasteiger partial charge in [0, 0.05) is 12.1 Å². The number of nitrogens with one attached hydrogen (secondary N) is 1. The molecule has 0 fully saturated rings. The van der Waals surface area contributed by atoms with Crippen molar-refractivity contribution in [2.24, 2.45) is 0 Å². The van der Waals surface area contributed by atoms with Crippen LogP contribution in [0.5, 0.6) is 0 Å². The Morgan fingerprint density at radius 1 is 1.00 bits per heavy atom. The summed E-state index contributed by atoms with van der Waals surface area (Å²) in [5.41, 5.74) is 0. The van der Waals surface area contributed by atoms with E-state index in [1.807, 2.05) is 30.6 Å². The van der Waals surface area contributed by atoms with Crippen LogP contribution in [0, 0.1) is 0 Å². The summed E-state index contributed by atoms with van der Waals surface area (Å²) in [5, 5.41) is 0. The Balaban J connectivity index is 0.000000187. The minimum absolute atomic E-state index is 0.757. The van der Waals surface area contributed by atoms with E-state index in [-0.39, 0.29) is 0 Å². The molecular formula is C5H6Cl2CuN. The van der Waals surface area contributed by atoms with E-state index in [4.69, 9.17) is 0 Å². The molecule has 1 aromatic rings. The van der Waals surface area contributed by atoms with Crippen molar-refractivity contribution in [3.63, 3.8) is 0 Å². The molecule has 0 saturated carbocycles. The first kappa shape index (κ1) is 9.25. The Hall–Kier alpha value is 0.249. The first-order valence-corrected chi connectivity index (χ1v) is 4.73. The predicted octanol–water partition coefficient (Wildman–Crippen LogP) is 1.88. The molecule has 1 aromatic heterocycles. The molecule has 0 unspecified atom stereocenters. The quantitative estimate of drug-likeness (QED) is 0.586. The Bertz CT molecular complexity index is 97.8. The molecular weight excluding hydrogens is 209 g/mol. The van der Waals surface area contributed by atoms with Gasteiger partial charge in [0.2, 0.25) is 0 Å². The van der Waals surface area contributed by atoms with E-state index in [9.17, 15) is 0 Å². The Morgan fingerprint density at radius 3 is 1.56 bits per heavy atom. The SMILES string of the molecule is [Cl][Cu-][Cl].c1cc[nH+]cc1. The van der Waals surface area contributed by atoms with E-state index in [2.05, 4.69) is 25.2 Å². The molecule has 0 bridgehead atoms. The van der Waals surface area contributed by atoms with Gasteiger partial charge < -0.3 is 0 Å². The van der Waals surface area contributed by atoms with E-state index in [0.29, 0.717) is 0 Å². The molecule has 0 spiro atoms. The molecule has 0 aromatic carbocycles. The van der Waals surface area contributed by atoms with Crippen LogP contribution in [0.3, 0.4) is 0 Å². The molecule has 1 nitrogen and oxygen atoms in total. The fourth-order valence-corrected chi connectivity index (χ4v) is 0.342. The molecule has 1 heterocycles. The predicted molar refractivity (Wildman–Crippen MR) is 34.7 cm³/mol. The van der Waals surface area contributed by atoms with Crippen LogP contribution in [0.15, 0.2) is 30.6 Å². The molecule has 0 saturated heterocycles. The van der Waals surface area contributed by atoms with Crippen LogP contribution in [0.4, 0.5) is 0 Å². The van der Waals surface area contributed by atoms with Gasteiger partial charge in [-0.15, -0.1) is 0 Å². The molecule has 0 radical (unpaired) electrons. The Labute approximate surface area is 69.0 Å². The van der Waals surface area contributed by atoms with Gasteiger partial charge in [0.25, 0.3) is 0 Å².